The van der Waals surface area contributed by atoms with Gasteiger partial charge in [-0.2, -0.15) is 0 Å². The lowest BCUT2D eigenvalue weighted by Gasteiger charge is -2.30. The summed E-state index contributed by atoms with van der Waals surface area (Å²) in [6.07, 6.45) is 1.77. The highest BCUT2D eigenvalue weighted by Gasteiger charge is 2.20. The Hall–Kier alpha value is -3.52. The largest absolute Gasteiger partial charge is 0.493 e. The molecule has 0 fully saturated rings. The highest BCUT2D eigenvalue weighted by molar-refractivity contribution is 6.08. The summed E-state index contributed by atoms with van der Waals surface area (Å²) in [4.78, 5) is 27.9. The van der Waals surface area contributed by atoms with Gasteiger partial charge >= 0.3 is 0 Å². The summed E-state index contributed by atoms with van der Waals surface area (Å²) in [5, 5.41) is 5.83. The number of ether oxygens (including phenoxy) is 3. The molecule has 1 heterocycles. The summed E-state index contributed by atoms with van der Waals surface area (Å²) in [6, 6.07) is 11.2. The fourth-order valence-corrected chi connectivity index (χ4v) is 4.09. The lowest BCUT2D eigenvalue weighted by molar-refractivity contribution is -0.113. The first-order valence-corrected chi connectivity index (χ1v) is 11.8. The summed E-state index contributed by atoms with van der Waals surface area (Å²) < 4.78 is 16.4. The molecule has 8 heteroatoms. The second kappa shape index (κ2) is 11.8. The molecule has 2 aromatic rings. The van der Waals surface area contributed by atoms with Crippen molar-refractivity contribution in [3.8, 4) is 17.2 Å². The quantitative estimate of drug-likeness (QED) is 0.534. The van der Waals surface area contributed by atoms with Crippen LogP contribution in [0.25, 0.3) is 6.08 Å². The van der Waals surface area contributed by atoms with E-state index in [4.69, 9.17) is 14.2 Å². The first-order chi connectivity index (χ1) is 16.7. The van der Waals surface area contributed by atoms with E-state index in [0.29, 0.717) is 52.7 Å². The molecule has 0 saturated carbocycles. The Balaban J connectivity index is 1.65. The van der Waals surface area contributed by atoms with Crippen LogP contribution in [0.2, 0.25) is 0 Å². The number of hydrogen-bond acceptors (Lipinski definition) is 6. The van der Waals surface area contributed by atoms with Gasteiger partial charge in [0.15, 0.2) is 11.5 Å². The van der Waals surface area contributed by atoms with Crippen molar-refractivity contribution >= 4 is 23.6 Å². The molecule has 0 unspecified atom stereocenters. The van der Waals surface area contributed by atoms with Gasteiger partial charge in [0, 0.05) is 48.1 Å². The minimum absolute atomic E-state index is 0.122. The van der Waals surface area contributed by atoms with Gasteiger partial charge in [0.25, 0.3) is 11.8 Å². The van der Waals surface area contributed by atoms with Crippen molar-refractivity contribution in [2.75, 3.05) is 39.2 Å². The number of rotatable bonds is 10. The second-order valence-electron chi connectivity index (χ2n) is 8.92. The Morgan fingerprint density at radius 3 is 2.34 bits per heavy atom. The lowest BCUT2D eigenvalue weighted by atomic mass is 10.1. The molecule has 1 aliphatic rings. The van der Waals surface area contributed by atoms with E-state index < -0.39 is 0 Å². The van der Waals surface area contributed by atoms with Crippen LogP contribution in [0.5, 0.6) is 17.2 Å². The Kier molecular flexibility index (Phi) is 8.76. The van der Waals surface area contributed by atoms with Crippen LogP contribution < -0.4 is 24.8 Å². The number of nitrogens with zero attached hydrogens (tertiary/aromatic N) is 1. The van der Waals surface area contributed by atoms with Crippen molar-refractivity contribution in [2.24, 2.45) is 0 Å². The van der Waals surface area contributed by atoms with E-state index in [1.807, 2.05) is 0 Å². The van der Waals surface area contributed by atoms with Crippen molar-refractivity contribution < 1.29 is 23.8 Å². The van der Waals surface area contributed by atoms with Crippen molar-refractivity contribution in [1.29, 1.82) is 0 Å². The number of amides is 2. The Morgan fingerprint density at radius 2 is 1.69 bits per heavy atom. The molecule has 188 valence electrons. The maximum Gasteiger partial charge on any atom is 0.255 e. The van der Waals surface area contributed by atoms with Crippen LogP contribution in [-0.4, -0.2) is 62.7 Å². The van der Waals surface area contributed by atoms with Gasteiger partial charge in [-0.25, -0.2) is 0 Å². The maximum atomic E-state index is 12.9. The van der Waals surface area contributed by atoms with Crippen LogP contribution in [-0.2, 0) is 4.79 Å². The molecule has 2 aromatic carbocycles. The molecule has 0 saturated heterocycles. The highest BCUT2D eigenvalue weighted by Crippen LogP contribution is 2.37. The Labute approximate surface area is 207 Å². The predicted molar refractivity (Wildman–Crippen MR) is 137 cm³/mol. The normalized spacial score (nSPS) is 12.7. The molecule has 0 aromatic heterocycles. The molecular weight excluding hydrogens is 446 g/mol. The van der Waals surface area contributed by atoms with Gasteiger partial charge < -0.3 is 24.8 Å². The number of methoxy groups -OCH3 is 2. The topological polar surface area (TPSA) is 89.1 Å². The molecule has 2 N–H and O–H groups in total. The number of hydrogen-bond donors (Lipinski definition) is 2. The molecular formula is C27H35N3O5. The Morgan fingerprint density at radius 1 is 1.00 bits per heavy atom. The lowest BCUT2D eigenvalue weighted by Crippen LogP contribution is -2.42. The average Bonchev–Trinajstić information content (AvgIpc) is 2.84. The van der Waals surface area contributed by atoms with Gasteiger partial charge in [-0.05, 0) is 58.0 Å². The van der Waals surface area contributed by atoms with Crippen LogP contribution >= 0.6 is 0 Å². The summed E-state index contributed by atoms with van der Waals surface area (Å²) in [5.41, 5.74) is 2.21. The van der Waals surface area contributed by atoms with Gasteiger partial charge in [0.2, 0.25) is 0 Å². The third kappa shape index (κ3) is 6.54. The van der Waals surface area contributed by atoms with Crippen molar-refractivity contribution in [3.05, 3.63) is 53.1 Å². The molecule has 2 amide bonds. The number of nitrogens with one attached hydrogen (secondary N) is 2. The van der Waals surface area contributed by atoms with E-state index in [1.165, 1.54) is 0 Å². The smallest absolute Gasteiger partial charge is 0.255 e. The van der Waals surface area contributed by atoms with E-state index >= 15 is 0 Å². The molecule has 0 aliphatic carbocycles. The fraction of sp³-hybridized carbons (Fsp3) is 0.407. The van der Waals surface area contributed by atoms with Crippen molar-refractivity contribution in [3.63, 3.8) is 0 Å². The SMILES string of the molecule is COc1cc2c(cc1OC)OCC(C(=O)Nc1cccc(C(=O)NCCN(C(C)C)C(C)C)c1)=C2. The molecule has 0 atom stereocenters. The number of anilines is 1. The average molecular weight is 482 g/mol. The molecule has 1 aliphatic heterocycles. The minimum atomic E-state index is -0.299. The van der Waals surface area contributed by atoms with E-state index in [2.05, 4.69) is 43.2 Å². The summed E-state index contributed by atoms with van der Waals surface area (Å²) >= 11 is 0. The maximum absolute atomic E-state index is 12.9. The molecule has 0 radical (unpaired) electrons. The molecule has 0 bridgehead atoms. The zero-order valence-corrected chi connectivity index (χ0v) is 21.3. The van der Waals surface area contributed by atoms with Crippen LogP contribution in [0.3, 0.4) is 0 Å². The zero-order chi connectivity index (χ0) is 25.5. The third-order valence-electron chi connectivity index (χ3n) is 5.89. The van der Waals surface area contributed by atoms with Crippen LogP contribution in [0, 0.1) is 0 Å². The second-order valence-corrected chi connectivity index (χ2v) is 8.92. The van der Waals surface area contributed by atoms with Crippen molar-refractivity contribution in [2.45, 2.75) is 39.8 Å². The Bertz CT molecular complexity index is 1090. The summed E-state index contributed by atoms with van der Waals surface area (Å²) in [5.74, 6) is 1.25. The number of benzene rings is 2. The summed E-state index contributed by atoms with van der Waals surface area (Å²) in [7, 11) is 3.11. The van der Waals surface area contributed by atoms with E-state index in [0.717, 1.165) is 12.1 Å². The van der Waals surface area contributed by atoms with Gasteiger partial charge in [0.1, 0.15) is 12.4 Å². The molecule has 35 heavy (non-hydrogen) atoms. The first kappa shape index (κ1) is 26.1. The third-order valence-corrected chi connectivity index (χ3v) is 5.89. The van der Waals surface area contributed by atoms with Crippen LogP contribution in [0.1, 0.15) is 43.6 Å². The molecule has 3 rings (SSSR count). The van der Waals surface area contributed by atoms with E-state index in [9.17, 15) is 9.59 Å². The van der Waals surface area contributed by atoms with Gasteiger partial charge in [-0.1, -0.05) is 6.07 Å². The van der Waals surface area contributed by atoms with E-state index in [-0.39, 0.29) is 18.4 Å². The molecule has 0 spiro atoms. The van der Waals surface area contributed by atoms with Crippen LogP contribution in [0.4, 0.5) is 5.69 Å². The van der Waals surface area contributed by atoms with E-state index in [1.54, 1.807) is 56.7 Å². The monoisotopic (exact) mass is 481 g/mol. The molecule has 8 nitrogen and oxygen atoms in total. The van der Waals surface area contributed by atoms with Crippen LogP contribution in [0.15, 0.2) is 42.0 Å². The zero-order valence-electron chi connectivity index (χ0n) is 21.3. The standard InChI is InChI=1S/C27H35N3O5/c1-17(2)30(18(3)4)11-10-28-26(31)19-8-7-9-22(13-19)29-27(32)21-12-20-14-24(33-5)25(34-6)15-23(20)35-16-21/h7-9,12-15,17-18H,10-11,16H2,1-6H3,(H,28,31)(H,29,32). The number of fused-ring (bicyclic) bond motifs is 1. The predicted octanol–water partition coefficient (Wildman–Crippen LogP) is 3.97. The van der Waals surface area contributed by atoms with Gasteiger partial charge in [-0.15, -0.1) is 0 Å². The van der Waals surface area contributed by atoms with Gasteiger partial charge in [0.05, 0.1) is 19.8 Å². The fourth-order valence-electron chi connectivity index (χ4n) is 4.09. The highest BCUT2D eigenvalue weighted by atomic mass is 16.5. The minimum Gasteiger partial charge on any atom is -0.493 e. The first-order valence-electron chi connectivity index (χ1n) is 11.8. The number of carbonyl (C=O) groups is 2. The number of carbonyl (C=O) groups excluding carboxylic acids is 2. The van der Waals surface area contributed by atoms with Gasteiger partial charge in [-0.3, -0.25) is 14.5 Å². The summed E-state index contributed by atoms with van der Waals surface area (Å²) in [6.45, 7) is 10.0. The van der Waals surface area contributed by atoms with Crippen molar-refractivity contribution in [1.82, 2.24) is 10.2 Å².